The van der Waals surface area contributed by atoms with Crippen molar-refractivity contribution in [2.24, 2.45) is 0 Å². The van der Waals surface area contributed by atoms with Crippen molar-refractivity contribution in [2.75, 3.05) is 18.4 Å². The molecule has 6 heteroatoms. The van der Waals surface area contributed by atoms with Gasteiger partial charge in [0.1, 0.15) is 4.90 Å². The van der Waals surface area contributed by atoms with Crippen LogP contribution in [0.1, 0.15) is 36.8 Å². The maximum Gasteiger partial charge on any atom is 0.245 e. The van der Waals surface area contributed by atoms with Gasteiger partial charge in [-0.05, 0) is 43.9 Å². The van der Waals surface area contributed by atoms with Crippen LogP contribution in [0, 0.1) is 6.92 Å². The topological polar surface area (TPSA) is 66.5 Å². The molecule has 1 aliphatic rings. The van der Waals surface area contributed by atoms with Crippen LogP contribution in [-0.4, -0.2) is 31.7 Å². The number of para-hydroxylation sites is 1. The van der Waals surface area contributed by atoms with Crippen LogP contribution in [0.5, 0.6) is 0 Å². The third-order valence-electron chi connectivity index (χ3n) is 4.82. The van der Waals surface area contributed by atoms with E-state index in [1.807, 2.05) is 25.1 Å². The Morgan fingerprint density at radius 1 is 1.04 bits per heavy atom. The zero-order valence-corrected chi connectivity index (χ0v) is 16.5. The fraction of sp³-hybridized carbons (Fsp3) is 0.381. The van der Waals surface area contributed by atoms with Gasteiger partial charge in [0, 0.05) is 19.5 Å². The molecular weight excluding hydrogens is 360 g/mol. The number of benzene rings is 2. The van der Waals surface area contributed by atoms with Crippen LogP contribution in [-0.2, 0) is 21.2 Å². The third kappa shape index (κ3) is 4.96. The molecule has 1 aliphatic heterocycles. The molecule has 1 heterocycles. The van der Waals surface area contributed by atoms with Crippen molar-refractivity contribution >= 4 is 21.6 Å². The molecular formula is C21H26N2O3S. The summed E-state index contributed by atoms with van der Waals surface area (Å²) < 4.78 is 27.5. The lowest BCUT2D eigenvalue weighted by molar-refractivity contribution is -0.116. The molecule has 1 amide bonds. The molecule has 0 spiro atoms. The summed E-state index contributed by atoms with van der Waals surface area (Å²) in [5.41, 5.74) is 2.61. The van der Waals surface area contributed by atoms with Gasteiger partial charge >= 0.3 is 0 Å². The predicted octanol–water partition coefficient (Wildman–Crippen LogP) is 3.74. The highest BCUT2D eigenvalue weighted by molar-refractivity contribution is 7.89. The molecule has 1 N–H and O–H groups in total. The maximum absolute atomic E-state index is 13.0. The molecule has 144 valence electrons. The highest BCUT2D eigenvalue weighted by atomic mass is 32.2. The molecule has 2 aromatic carbocycles. The fourth-order valence-corrected chi connectivity index (χ4v) is 5.04. The van der Waals surface area contributed by atoms with Gasteiger partial charge in [0.15, 0.2) is 0 Å². The van der Waals surface area contributed by atoms with Crippen molar-refractivity contribution in [1.82, 2.24) is 4.31 Å². The van der Waals surface area contributed by atoms with Gasteiger partial charge in [-0.1, -0.05) is 48.4 Å². The second-order valence-electron chi connectivity index (χ2n) is 7.00. The van der Waals surface area contributed by atoms with E-state index in [2.05, 4.69) is 11.4 Å². The monoisotopic (exact) mass is 386 g/mol. The zero-order valence-electron chi connectivity index (χ0n) is 15.6. The fourth-order valence-electron chi connectivity index (χ4n) is 3.38. The minimum atomic E-state index is -3.59. The summed E-state index contributed by atoms with van der Waals surface area (Å²) >= 11 is 0. The van der Waals surface area contributed by atoms with Gasteiger partial charge in [-0.15, -0.1) is 0 Å². The first-order chi connectivity index (χ1) is 13.0. The minimum absolute atomic E-state index is 0.177. The first-order valence-electron chi connectivity index (χ1n) is 9.41. The molecule has 0 saturated carbocycles. The second-order valence-corrected chi connectivity index (χ2v) is 8.90. The highest BCUT2D eigenvalue weighted by Gasteiger charge is 2.28. The number of anilines is 1. The van der Waals surface area contributed by atoms with Crippen LogP contribution >= 0.6 is 0 Å². The Kier molecular flexibility index (Phi) is 6.29. The van der Waals surface area contributed by atoms with Crippen LogP contribution in [0.4, 0.5) is 5.69 Å². The Morgan fingerprint density at radius 3 is 2.52 bits per heavy atom. The summed E-state index contributed by atoms with van der Waals surface area (Å²) in [7, 11) is -3.59. The number of piperidine rings is 1. The maximum atomic E-state index is 13.0. The normalized spacial score (nSPS) is 15.4. The molecule has 27 heavy (non-hydrogen) atoms. The van der Waals surface area contributed by atoms with Crippen molar-refractivity contribution in [1.29, 1.82) is 0 Å². The van der Waals surface area contributed by atoms with Crippen molar-refractivity contribution < 1.29 is 13.2 Å². The van der Waals surface area contributed by atoms with E-state index in [-0.39, 0.29) is 10.8 Å². The largest absolute Gasteiger partial charge is 0.325 e. The van der Waals surface area contributed by atoms with Gasteiger partial charge in [-0.25, -0.2) is 8.42 Å². The Hall–Kier alpha value is -2.18. The van der Waals surface area contributed by atoms with Gasteiger partial charge in [0.2, 0.25) is 15.9 Å². The molecule has 0 atom stereocenters. The van der Waals surface area contributed by atoms with E-state index >= 15 is 0 Å². The van der Waals surface area contributed by atoms with Gasteiger partial charge in [-0.2, -0.15) is 4.31 Å². The summed E-state index contributed by atoms with van der Waals surface area (Å²) in [5, 5.41) is 2.80. The molecule has 0 aromatic heterocycles. The van der Waals surface area contributed by atoms with E-state index in [0.717, 1.165) is 30.4 Å². The Balaban J connectivity index is 1.71. The van der Waals surface area contributed by atoms with E-state index in [4.69, 9.17) is 0 Å². The Labute approximate surface area is 161 Å². The highest BCUT2D eigenvalue weighted by Crippen LogP contribution is 2.27. The van der Waals surface area contributed by atoms with Crippen molar-refractivity contribution in [2.45, 2.75) is 43.9 Å². The molecule has 0 aliphatic carbocycles. The summed E-state index contributed by atoms with van der Waals surface area (Å²) in [6.07, 6.45) is 3.74. The predicted molar refractivity (Wildman–Crippen MR) is 107 cm³/mol. The number of nitrogens with zero attached hydrogens (tertiary/aromatic N) is 1. The van der Waals surface area contributed by atoms with Crippen LogP contribution < -0.4 is 5.32 Å². The first kappa shape index (κ1) is 19.6. The minimum Gasteiger partial charge on any atom is -0.325 e. The summed E-state index contributed by atoms with van der Waals surface area (Å²) in [6.45, 7) is 3.10. The molecule has 2 aromatic rings. The molecule has 5 nitrogen and oxygen atoms in total. The molecule has 3 rings (SSSR count). The van der Waals surface area contributed by atoms with Crippen LogP contribution in [0.3, 0.4) is 0 Å². The van der Waals surface area contributed by atoms with Gasteiger partial charge in [0.05, 0.1) is 5.69 Å². The standard InChI is InChI=1S/C21H26N2O3S/c1-17-8-7-9-18(16-17)12-13-21(24)22-19-10-3-4-11-20(19)27(25,26)23-14-5-2-6-15-23/h3-4,7-11,16H,2,5-6,12-15H2,1H3,(H,22,24). The second kappa shape index (κ2) is 8.67. The van der Waals surface area contributed by atoms with E-state index in [0.29, 0.717) is 31.6 Å². The van der Waals surface area contributed by atoms with Gasteiger partial charge < -0.3 is 5.32 Å². The number of carbonyl (C=O) groups excluding carboxylic acids is 1. The lowest BCUT2D eigenvalue weighted by Crippen LogP contribution is -2.36. The Bertz CT molecular complexity index is 903. The lowest BCUT2D eigenvalue weighted by atomic mass is 10.1. The van der Waals surface area contributed by atoms with E-state index < -0.39 is 10.0 Å². The van der Waals surface area contributed by atoms with Crippen LogP contribution in [0.2, 0.25) is 0 Å². The lowest BCUT2D eigenvalue weighted by Gasteiger charge is -2.26. The summed E-state index contributed by atoms with van der Waals surface area (Å²) in [4.78, 5) is 12.6. The van der Waals surface area contributed by atoms with Crippen molar-refractivity contribution in [3.05, 3.63) is 59.7 Å². The number of rotatable bonds is 6. The molecule has 0 unspecified atom stereocenters. The number of amides is 1. The van der Waals surface area contributed by atoms with Crippen molar-refractivity contribution in [3.63, 3.8) is 0 Å². The molecule has 0 bridgehead atoms. The molecule has 1 fully saturated rings. The summed E-state index contributed by atoms with van der Waals surface area (Å²) in [5.74, 6) is -0.183. The number of carbonyl (C=O) groups is 1. The van der Waals surface area contributed by atoms with Crippen LogP contribution in [0.15, 0.2) is 53.4 Å². The summed E-state index contributed by atoms with van der Waals surface area (Å²) in [6, 6.07) is 14.7. The van der Waals surface area contributed by atoms with Crippen molar-refractivity contribution in [3.8, 4) is 0 Å². The molecule has 0 radical (unpaired) electrons. The van der Waals surface area contributed by atoms with Crippen LogP contribution in [0.25, 0.3) is 0 Å². The SMILES string of the molecule is Cc1cccc(CCC(=O)Nc2ccccc2S(=O)(=O)N2CCCCC2)c1. The number of hydrogen-bond acceptors (Lipinski definition) is 3. The molecule has 1 saturated heterocycles. The van der Waals surface area contributed by atoms with E-state index in [1.54, 1.807) is 24.3 Å². The van der Waals surface area contributed by atoms with Gasteiger partial charge in [0.25, 0.3) is 0 Å². The van der Waals surface area contributed by atoms with E-state index in [9.17, 15) is 13.2 Å². The number of aryl methyl sites for hydroxylation is 2. The van der Waals surface area contributed by atoms with E-state index in [1.165, 1.54) is 4.31 Å². The first-order valence-corrected chi connectivity index (χ1v) is 10.9. The Morgan fingerprint density at radius 2 is 1.78 bits per heavy atom. The smallest absolute Gasteiger partial charge is 0.245 e. The number of hydrogen-bond donors (Lipinski definition) is 1. The number of nitrogens with one attached hydrogen (secondary N) is 1. The zero-order chi connectivity index (χ0) is 19.3. The quantitative estimate of drug-likeness (QED) is 0.822. The number of sulfonamides is 1. The third-order valence-corrected chi connectivity index (χ3v) is 6.77. The average molecular weight is 387 g/mol. The average Bonchev–Trinajstić information content (AvgIpc) is 2.67. The van der Waals surface area contributed by atoms with Gasteiger partial charge in [-0.3, -0.25) is 4.79 Å².